The van der Waals surface area contributed by atoms with E-state index in [2.05, 4.69) is 5.32 Å². The van der Waals surface area contributed by atoms with Crippen molar-refractivity contribution in [3.05, 3.63) is 23.8 Å². The fraction of sp³-hybridized carbons (Fsp3) is 0.500. The van der Waals surface area contributed by atoms with Crippen molar-refractivity contribution in [2.75, 3.05) is 11.5 Å². The van der Waals surface area contributed by atoms with Crippen LogP contribution in [0.3, 0.4) is 0 Å². The second-order valence-electron chi connectivity index (χ2n) is 5.30. The summed E-state index contributed by atoms with van der Waals surface area (Å²) in [5, 5.41) is 2.88. The first-order valence-corrected chi connectivity index (χ1v) is 7.62. The van der Waals surface area contributed by atoms with Gasteiger partial charge in [0.1, 0.15) is 5.75 Å². The van der Waals surface area contributed by atoms with E-state index >= 15 is 0 Å². The third kappa shape index (κ3) is 4.67. The van der Waals surface area contributed by atoms with Crippen LogP contribution in [0.4, 0.5) is 5.69 Å². The summed E-state index contributed by atoms with van der Waals surface area (Å²) in [5.74, 6) is -0.213. The van der Waals surface area contributed by atoms with Crippen LogP contribution in [0.5, 0.6) is 0 Å². The Morgan fingerprint density at radius 1 is 1.42 bits per heavy atom. The minimum Gasteiger partial charge on any atom is -0.399 e. The maximum atomic E-state index is 12.2. The number of rotatable bonds is 5. The van der Waals surface area contributed by atoms with Crippen LogP contribution in [0.2, 0.25) is 0 Å². The summed E-state index contributed by atoms with van der Waals surface area (Å²) < 4.78 is 12.2. The van der Waals surface area contributed by atoms with Crippen molar-refractivity contribution in [2.45, 2.75) is 44.6 Å². The molecule has 1 aromatic carbocycles. The number of benzene rings is 1. The van der Waals surface area contributed by atoms with Gasteiger partial charge in [0, 0.05) is 16.1 Å². The van der Waals surface area contributed by atoms with Gasteiger partial charge in [0.25, 0.3) is 0 Å². The van der Waals surface area contributed by atoms with Crippen LogP contribution in [0.1, 0.15) is 32.8 Å². The van der Waals surface area contributed by atoms with Crippen molar-refractivity contribution in [3.8, 4) is 0 Å². The Bertz CT molecular complexity index is 498. The van der Waals surface area contributed by atoms with Gasteiger partial charge in [0.2, 0.25) is 5.91 Å². The van der Waals surface area contributed by atoms with Gasteiger partial charge in [-0.05, 0) is 51.0 Å². The maximum absolute atomic E-state index is 12.2. The first kappa shape index (κ1) is 15.7. The highest BCUT2D eigenvalue weighted by molar-refractivity contribution is 7.85. The van der Waals surface area contributed by atoms with E-state index in [1.54, 1.807) is 18.2 Å². The molecule has 0 saturated carbocycles. The van der Waals surface area contributed by atoms with Gasteiger partial charge in [-0.2, -0.15) is 0 Å². The average Bonchev–Trinajstić information content (AvgIpc) is 2.27. The van der Waals surface area contributed by atoms with Crippen LogP contribution in [-0.2, 0) is 15.6 Å². The molecule has 1 unspecified atom stereocenters. The minimum atomic E-state index is -1.34. The summed E-state index contributed by atoms with van der Waals surface area (Å²) >= 11 is 0. The lowest BCUT2D eigenvalue weighted by molar-refractivity contribution is -0.120. The Kier molecular flexibility index (Phi) is 5.11. The highest BCUT2D eigenvalue weighted by atomic mass is 32.2. The number of nitrogen functional groups attached to an aromatic ring is 1. The van der Waals surface area contributed by atoms with Gasteiger partial charge in [-0.25, -0.2) is 0 Å². The molecule has 1 aromatic rings. The lowest BCUT2D eigenvalue weighted by Gasteiger charge is -2.24. The molecule has 0 heterocycles. The molecule has 0 aliphatic rings. The van der Waals surface area contributed by atoms with Crippen LogP contribution in [0, 0.1) is 6.92 Å². The van der Waals surface area contributed by atoms with Gasteiger partial charge in [-0.15, -0.1) is 0 Å². The van der Waals surface area contributed by atoms with E-state index < -0.39 is 10.8 Å². The Morgan fingerprint density at radius 2 is 2.05 bits per heavy atom. The van der Waals surface area contributed by atoms with Crippen LogP contribution in [0.25, 0.3) is 0 Å². The first-order chi connectivity index (χ1) is 8.75. The van der Waals surface area contributed by atoms with Gasteiger partial charge in [0.05, 0.1) is 10.8 Å². The summed E-state index contributed by atoms with van der Waals surface area (Å²) in [6, 6.07) is 5.19. The van der Waals surface area contributed by atoms with Crippen molar-refractivity contribution < 1.29 is 9.00 Å². The quantitative estimate of drug-likeness (QED) is 0.811. The number of aryl methyl sites for hydroxylation is 1. The second kappa shape index (κ2) is 6.19. The summed E-state index contributed by atoms with van der Waals surface area (Å²) in [6.45, 7) is 7.74. The predicted molar refractivity (Wildman–Crippen MR) is 79.4 cm³/mol. The normalized spacial score (nSPS) is 13.1. The number of hydrogen-bond donors (Lipinski definition) is 2. The number of carbonyl (C=O) groups excluding carboxylic acids is 1. The molecule has 0 bridgehead atoms. The van der Waals surface area contributed by atoms with Crippen molar-refractivity contribution in [2.24, 2.45) is 0 Å². The van der Waals surface area contributed by atoms with Crippen LogP contribution in [-0.4, -0.2) is 21.4 Å². The molecule has 5 heteroatoms. The number of hydrogen-bond acceptors (Lipinski definition) is 3. The topological polar surface area (TPSA) is 72.2 Å². The van der Waals surface area contributed by atoms with Gasteiger partial charge in [-0.1, -0.05) is 6.92 Å². The Morgan fingerprint density at radius 3 is 2.58 bits per heavy atom. The smallest absolute Gasteiger partial charge is 0.233 e. The SMILES string of the molecule is CCC(C)(C)NC(=O)CS(=O)c1ccc(N)cc1C. The van der Waals surface area contributed by atoms with E-state index in [1.165, 1.54) is 0 Å². The zero-order valence-electron chi connectivity index (χ0n) is 11.9. The van der Waals surface area contributed by atoms with Crippen molar-refractivity contribution in [1.29, 1.82) is 0 Å². The molecule has 0 fully saturated rings. The molecule has 0 saturated heterocycles. The Hall–Kier alpha value is -1.36. The Balaban J connectivity index is 2.72. The maximum Gasteiger partial charge on any atom is 0.233 e. The van der Waals surface area contributed by atoms with Crippen molar-refractivity contribution >= 4 is 22.4 Å². The monoisotopic (exact) mass is 282 g/mol. The number of nitrogens with two attached hydrogens (primary N) is 1. The number of anilines is 1. The van der Waals surface area contributed by atoms with Crippen LogP contribution >= 0.6 is 0 Å². The zero-order chi connectivity index (χ0) is 14.6. The summed E-state index contributed by atoms with van der Waals surface area (Å²) in [7, 11) is -1.34. The molecule has 19 heavy (non-hydrogen) atoms. The standard InChI is InChI=1S/C14H22N2O2S/c1-5-14(3,4)16-13(17)9-19(18)12-7-6-11(15)8-10(12)2/h6-8H,5,9,15H2,1-4H3,(H,16,17). The molecule has 0 radical (unpaired) electrons. The van der Waals surface area contributed by atoms with Crippen LogP contribution < -0.4 is 11.1 Å². The minimum absolute atomic E-state index is 0.0197. The summed E-state index contributed by atoms with van der Waals surface area (Å²) in [6.07, 6.45) is 0.826. The third-order valence-electron chi connectivity index (χ3n) is 3.07. The van der Waals surface area contributed by atoms with Gasteiger partial charge >= 0.3 is 0 Å². The van der Waals surface area contributed by atoms with Crippen molar-refractivity contribution in [3.63, 3.8) is 0 Å². The molecule has 1 atom stereocenters. The molecular weight excluding hydrogens is 260 g/mol. The first-order valence-electron chi connectivity index (χ1n) is 6.30. The molecule has 1 amide bonds. The van der Waals surface area contributed by atoms with Crippen LogP contribution in [0.15, 0.2) is 23.1 Å². The van der Waals surface area contributed by atoms with E-state index in [0.717, 1.165) is 12.0 Å². The third-order valence-corrected chi connectivity index (χ3v) is 4.54. The number of carbonyl (C=O) groups is 1. The highest BCUT2D eigenvalue weighted by Crippen LogP contribution is 2.16. The fourth-order valence-electron chi connectivity index (χ4n) is 1.63. The molecule has 1 rings (SSSR count). The molecule has 3 N–H and O–H groups in total. The Labute approximate surface area is 117 Å². The lowest BCUT2D eigenvalue weighted by atomic mass is 10.0. The zero-order valence-corrected chi connectivity index (χ0v) is 12.8. The predicted octanol–water partition coefficient (Wildman–Crippen LogP) is 1.99. The van der Waals surface area contributed by atoms with Gasteiger partial charge in [-0.3, -0.25) is 9.00 Å². The van der Waals surface area contributed by atoms with Gasteiger partial charge < -0.3 is 11.1 Å². The summed E-state index contributed by atoms with van der Waals surface area (Å²) in [4.78, 5) is 12.5. The molecule has 4 nitrogen and oxygen atoms in total. The summed E-state index contributed by atoms with van der Waals surface area (Å²) in [5.41, 5.74) is 6.87. The van der Waals surface area contributed by atoms with E-state index in [4.69, 9.17) is 5.73 Å². The molecule has 106 valence electrons. The molecule has 0 aliphatic heterocycles. The lowest BCUT2D eigenvalue weighted by Crippen LogP contribution is -2.44. The second-order valence-corrected chi connectivity index (χ2v) is 6.72. The highest BCUT2D eigenvalue weighted by Gasteiger charge is 2.20. The largest absolute Gasteiger partial charge is 0.399 e. The molecule has 0 aliphatic carbocycles. The van der Waals surface area contributed by atoms with E-state index in [-0.39, 0.29) is 17.2 Å². The number of nitrogens with one attached hydrogen (secondary N) is 1. The number of amides is 1. The van der Waals surface area contributed by atoms with Crippen molar-refractivity contribution in [1.82, 2.24) is 5.32 Å². The molecule has 0 aromatic heterocycles. The van der Waals surface area contributed by atoms with E-state index in [1.807, 2.05) is 27.7 Å². The van der Waals surface area contributed by atoms with E-state index in [9.17, 15) is 9.00 Å². The molecular formula is C14H22N2O2S. The average molecular weight is 282 g/mol. The van der Waals surface area contributed by atoms with E-state index in [0.29, 0.717) is 10.6 Å². The van der Waals surface area contributed by atoms with Gasteiger partial charge in [0.15, 0.2) is 0 Å². The molecule has 0 spiro atoms. The fourth-order valence-corrected chi connectivity index (χ4v) is 2.73.